The highest BCUT2D eigenvalue weighted by Crippen LogP contribution is 2.27. The molecular weight excluding hydrogens is 517 g/mol. The van der Waals surface area contributed by atoms with Gasteiger partial charge in [0.2, 0.25) is 11.8 Å². The zero-order chi connectivity index (χ0) is 28.7. The van der Waals surface area contributed by atoms with Crippen LogP contribution in [-0.2, 0) is 26.2 Å². The highest BCUT2D eigenvalue weighted by molar-refractivity contribution is 7.92. The second-order valence-corrected chi connectivity index (χ2v) is 11.7. The molecule has 0 fully saturated rings. The Bertz CT molecular complexity index is 1410. The Labute approximate surface area is 230 Å². The predicted molar refractivity (Wildman–Crippen MR) is 151 cm³/mol. The van der Waals surface area contributed by atoms with E-state index < -0.39 is 34.3 Å². The normalized spacial score (nSPS) is 12.2. The van der Waals surface area contributed by atoms with Crippen molar-refractivity contribution in [2.24, 2.45) is 0 Å². The fourth-order valence-corrected chi connectivity index (χ4v) is 5.73. The minimum atomic E-state index is -4.33. The molecule has 0 saturated heterocycles. The predicted octanol–water partition coefficient (Wildman–Crippen LogP) is 4.97. The number of amides is 2. The van der Waals surface area contributed by atoms with Crippen LogP contribution in [0.15, 0.2) is 77.7 Å². The lowest BCUT2D eigenvalue weighted by atomic mass is 10.1. The zero-order valence-electron chi connectivity index (χ0n) is 23.0. The molecule has 3 aromatic carbocycles. The van der Waals surface area contributed by atoms with E-state index >= 15 is 0 Å². The second-order valence-electron chi connectivity index (χ2n) is 9.87. The Morgan fingerprint density at radius 2 is 1.59 bits per heavy atom. The first kappa shape index (κ1) is 29.8. The smallest absolute Gasteiger partial charge is 0.264 e. The number of nitrogens with zero attached hydrogens (tertiary/aromatic N) is 2. The van der Waals surface area contributed by atoms with Crippen molar-refractivity contribution in [1.82, 2.24) is 10.2 Å². The first-order valence-corrected chi connectivity index (χ1v) is 14.4. The third-order valence-corrected chi connectivity index (χ3v) is 8.04. The molecule has 3 rings (SSSR count). The van der Waals surface area contributed by atoms with Gasteiger partial charge in [-0.25, -0.2) is 12.8 Å². The molecule has 7 nitrogen and oxygen atoms in total. The minimum Gasteiger partial charge on any atom is -0.352 e. The summed E-state index contributed by atoms with van der Waals surface area (Å²) in [6, 6.07) is 18.1. The van der Waals surface area contributed by atoms with E-state index in [0.29, 0.717) is 6.42 Å². The number of carbonyl (C=O) groups is 2. The Hall–Kier alpha value is -3.72. The molecule has 0 saturated carbocycles. The molecule has 1 N–H and O–H groups in total. The van der Waals surface area contributed by atoms with Crippen LogP contribution in [0.2, 0.25) is 0 Å². The van der Waals surface area contributed by atoms with E-state index in [-0.39, 0.29) is 29.1 Å². The van der Waals surface area contributed by atoms with Crippen LogP contribution in [0.3, 0.4) is 0 Å². The lowest BCUT2D eigenvalue weighted by Gasteiger charge is -2.33. The Morgan fingerprint density at radius 3 is 2.18 bits per heavy atom. The Balaban J connectivity index is 2.08. The number of rotatable bonds is 11. The van der Waals surface area contributed by atoms with E-state index in [1.165, 1.54) is 35.2 Å². The summed E-state index contributed by atoms with van der Waals surface area (Å²) in [5.41, 5.74) is 2.38. The van der Waals surface area contributed by atoms with Crippen LogP contribution in [0.25, 0.3) is 0 Å². The minimum absolute atomic E-state index is 0.0704. The van der Waals surface area contributed by atoms with E-state index in [2.05, 4.69) is 5.32 Å². The van der Waals surface area contributed by atoms with Crippen molar-refractivity contribution in [2.75, 3.05) is 10.8 Å². The molecule has 208 valence electrons. The van der Waals surface area contributed by atoms with Gasteiger partial charge in [-0.2, -0.15) is 0 Å². The van der Waals surface area contributed by atoms with Crippen molar-refractivity contribution >= 4 is 27.5 Å². The molecule has 9 heteroatoms. The van der Waals surface area contributed by atoms with Gasteiger partial charge in [-0.1, -0.05) is 66.6 Å². The molecule has 0 unspecified atom stereocenters. The molecule has 0 spiro atoms. The van der Waals surface area contributed by atoms with Gasteiger partial charge in [-0.3, -0.25) is 13.9 Å². The van der Waals surface area contributed by atoms with Crippen LogP contribution in [0.5, 0.6) is 0 Å². The van der Waals surface area contributed by atoms with Gasteiger partial charge in [0.25, 0.3) is 10.0 Å². The van der Waals surface area contributed by atoms with Crippen molar-refractivity contribution in [3.8, 4) is 0 Å². The highest BCUT2D eigenvalue weighted by atomic mass is 32.2. The van der Waals surface area contributed by atoms with Gasteiger partial charge in [-0.05, 0) is 63.9 Å². The third kappa shape index (κ3) is 7.44. The van der Waals surface area contributed by atoms with E-state index in [0.717, 1.165) is 27.1 Å². The number of anilines is 1. The van der Waals surface area contributed by atoms with E-state index in [9.17, 15) is 22.4 Å². The van der Waals surface area contributed by atoms with Crippen LogP contribution in [0.4, 0.5) is 10.1 Å². The first-order chi connectivity index (χ1) is 18.4. The largest absolute Gasteiger partial charge is 0.352 e. The van der Waals surface area contributed by atoms with E-state index in [4.69, 9.17) is 0 Å². The number of para-hydroxylation sites is 1. The maximum absolute atomic E-state index is 15.0. The van der Waals surface area contributed by atoms with Gasteiger partial charge in [0.15, 0.2) is 0 Å². The van der Waals surface area contributed by atoms with Crippen LogP contribution in [0, 0.1) is 19.7 Å². The summed E-state index contributed by atoms with van der Waals surface area (Å²) in [5.74, 6) is -1.75. The number of hydrogen-bond donors (Lipinski definition) is 1. The summed E-state index contributed by atoms with van der Waals surface area (Å²) in [4.78, 5) is 28.4. The number of aryl methyl sites for hydroxylation is 2. The third-order valence-electron chi connectivity index (χ3n) is 6.26. The molecule has 0 aromatic heterocycles. The molecule has 0 radical (unpaired) electrons. The molecule has 0 aliphatic rings. The fourth-order valence-electron chi connectivity index (χ4n) is 4.31. The topological polar surface area (TPSA) is 86.8 Å². The van der Waals surface area contributed by atoms with Crippen LogP contribution < -0.4 is 9.62 Å². The molecular formula is C30H36FN3O4S. The summed E-state index contributed by atoms with van der Waals surface area (Å²) in [5, 5.41) is 2.86. The number of carbonyl (C=O) groups excluding carboxylic acids is 2. The second kappa shape index (κ2) is 12.9. The maximum Gasteiger partial charge on any atom is 0.264 e. The molecule has 1 atom stereocenters. The Morgan fingerprint density at radius 1 is 0.923 bits per heavy atom. The molecule has 0 heterocycles. The van der Waals surface area contributed by atoms with Crippen molar-refractivity contribution in [3.05, 3.63) is 95.3 Å². The summed E-state index contributed by atoms with van der Waals surface area (Å²) < 4.78 is 43.3. The molecule has 2 amide bonds. The highest BCUT2D eigenvalue weighted by Gasteiger charge is 2.34. The summed E-state index contributed by atoms with van der Waals surface area (Å²) >= 11 is 0. The van der Waals surface area contributed by atoms with Gasteiger partial charge in [0.1, 0.15) is 18.4 Å². The monoisotopic (exact) mass is 553 g/mol. The summed E-state index contributed by atoms with van der Waals surface area (Å²) in [7, 11) is -4.33. The number of nitrogens with one attached hydrogen (secondary N) is 1. The molecule has 39 heavy (non-hydrogen) atoms. The number of hydrogen-bond acceptors (Lipinski definition) is 4. The summed E-state index contributed by atoms with van der Waals surface area (Å²) in [6.45, 7) is 8.58. The molecule has 0 aliphatic heterocycles. The van der Waals surface area contributed by atoms with Gasteiger partial charge < -0.3 is 10.2 Å². The number of sulfonamides is 1. The zero-order valence-corrected chi connectivity index (χ0v) is 23.8. The molecule has 3 aromatic rings. The van der Waals surface area contributed by atoms with Crippen molar-refractivity contribution in [1.29, 1.82) is 0 Å². The number of benzene rings is 3. The van der Waals surface area contributed by atoms with Crippen molar-refractivity contribution in [3.63, 3.8) is 0 Å². The van der Waals surface area contributed by atoms with Crippen molar-refractivity contribution in [2.45, 2.75) is 64.6 Å². The van der Waals surface area contributed by atoms with Crippen molar-refractivity contribution < 1.29 is 22.4 Å². The first-order valence-electron chi connectivity index (χ1n) is 12.9. The lowest BCUT2D eigenvalue weighted by Crippen LogP contribution is -2.53. The van der Waals surface area contributed by atoms with Gasteiger partial charge >= 0.3 is 0 Å². The summed E-state index contributed by atoms with van der Waals surface area (Å²) in [6.07, 6.45) is 0.306. The van der Waals surface area contributed by atoms with E-state index in [1.54, 1.807) is 19.1 Å². The average Bonchev–Trinajstić information content (AvgIpc) is 2.87. The quantitative estimate of drug-likeness (QED) is 0.363. The average molecular weight is 554 g/mol. The van der Waals surface area contributed by atoms with Gasteiger partial charge in [0.05, 0.1) is 10.6 Å². The van der Waals surface area contributed by atoms with Gasteiger partial charge in [-0.15, -0.1) is 0 Å². The van der Waals surface area contributed by atoms with Gasteiger partial charge in [0, 0.05) is 12.6 Å². The lowest BCUT2D eigenvalue weighted by molar-refractivity contribution is -0.140. The molecule has 0 aliphatic carbocycles. The van der Waals surface area contributed by atoms with E-state index in [1.807, 2.05) is 52.0 Å². The fraction of sp³-hybridized carbons (Fsp3) is 0.333. The van der Waals surface area contributed by atoms with Crippen LogP contribution in [-0.4, -0.2) is 43.8 Å². The Kier molecular flexibility index (Phi) is 9.86. The maximum atomic E-state index is 15.0. The SMILES string of the molecule is CC[C@H](C(=O)NC(C)C)N(Cc1cccc(C)c1)C(=O)CN(c1ccccc1F)S(=O)(=O)c1ccc(C)cc1. The molecule has 0 bridgehead atoms. The van der Waals surface area contributed by atoms with Crippen LogP contribution in [0.1, 0.15) is 43.9 Å². The van der Waals surface area contributed by atoms with Crippen LogP contribution >= 0.6 is 0 Å². The standard InChI is InChI=1S/C30H36FN3O4S/c1-6-27(30(36)32-21(2)3)33(19-24-11-9-10-23(5)18-24)29(35)20-34(28-13-8-7-12-26(28)31)39(37,38)25-16-14-22(4)15-17-25/h7-18,21,27H,6,19-20H2,1-5H3,(H,32,36)/t27-/m1/s1. The number of halogens is 1.